The van der Waals surface area contributed by atoms with E-state index in [0.29, 0.717) is 13.0 Å². The number of ether oxygens (including phenoxy) is 1. The number of aryl methyl sites for hydroxylation is 1. The third kappa shape index (κ3) is 4.96. The normalized spacial score (nSPS) is 11.4. The van der Waals surface area contributed by atoms with Crippen molar-refractivity contribution in [3.05, 3.63) is 28.2 Å². The second-order valence-corrected chi connectivity index (χ2v) is 6.13. The minimum absolute atomic E-state index is 0.0555. The highest BCUT2D eigenvalue weighted by Crippen LogP contribution is 2.22. The molecule has 1 rings (SSSR count). The molecule has 0 heterocycles. The summed E-state index contributed by atoms with van der Waals surface area (Å²) in [6, 6.07) is 5.71. The molecule has 0 aromatic heterocycles. The van der Waals surface area contributed by atoms with Gasteiger partial charge in [-0.15, -0.1) is 0 Å². The largest absolute Gasteiger partial charge is 0.493 e. The summed E-state index contributed by atoms with van der Waals surface area (Å²) in [7, 11) is -3.39. The second kappa shape index (κ2) is 5.65. The second-order valence-electron chi connectivity index (χ2n) is 3.48. The first-order chi connectivity index (χ1) is 7.38. The number of sulfonamides is 1. The van der Waals surface area contributed by atoms with Crippen molar-refractivity contribution in [3.8, 4) is 5.75 Å². The maximum absolute atomic E-state index is 10.7. The van der Waals surface area contributed by atoms with Gasteiger partial charge in [0.05, 0.1) is 12.4 Å². The molecule has 0 bridgehead atoms. The lowest BCUT2D eigenvalue weighted by Crippen LogP contribution is -2.18. The molecule has 4 nitrogen and oxygen atoms in total. The standard InChI is InChI=1S/C10H14BrNO3S/c1-8-3-4-9(11)7-10(8)15-5-2-6-16(12,13)14/h3-4,7H,2,5-6H2,1H3,(H2,12,13,14). The highest BCUT2D eigenvalue weighted by atomic mass is 79.9. The summed E-state index contributed by atoms with van der Waals surface area (Å²) in [6.45, 7) is 2.27. The summed E-state index contributed by atoms with van der Waals surface area (Å²) in [5.74, 6) is 0.698. The molecule has 0 amide bonds. The fourth-order valence-electron chi connectivity index (χ4n) is 1.17. The van der Waals surface area contributed by atoms with E-state index in [0.717, 1.165) is 15.8 Å². The van der Waals surface area contributed by atoms with Crippen molar-refractivity contribution in [3.63, 3.8) is 0 Å². The van der Waals surface area contributed by atoms with Crippen molar-refractivity contribution in [1.82, 2.24) is 0 Å². The average molecular weight is 308 g/mol. The fraction of sp³-hybridized carbons (Fsp3) is 0.400. The van der Waals surface area contributed by atoms with Crippen molar-refractivity contribution < 1.29 is 13.2 Å². The van der Waals surface area contributed by atoms with Crippen LogP contribution in [0.15, 0.2) is 22.7 Å². The molecule has 1 aromatic carbocycles. The van der Waals surface area contributed by atoms with Crippen LogP contribution < -0.4 is 9.88 Å². The van der Waals surface area contributed by atoms with E-state index < -0.39 is 10.0 Å². The van der Waals surface area contributed by atoms with Crippen LogP contribution in [0, 0.1) is 6.92 Å². The van der Waals surface area contributed by atoms with Gasteiger partial charge in [-0.1, -0.05) is 22.0 Å². The van der Waals surface area contributed by atoms with Crippen LogP contribution in [0.5, 0.6) is 5.75 Å². The predicted molar refractivity (Wildman–Crippen MR) is 67.0 cm³/mol. The number of benzene rings is 1. The van der Waals surface area contributed by atoms with Crippen LogP contribution in [0.2, 0.25) is 0 Å². The first kappa shape index (κ1) is 13.5. The molecule has 0 unspecified atom stereocenters. The minimum atomic E-state index is -3.39. The molecule has 0 radical (unpaired) electrons. The summed E-state index contributed by atoms with van der Waals surface area (Å²) >= 11 is 3.34. The van der Waals surface area contributed by atoms with Gasteiger partial charge in [-0.2, -0.15) is 0 Å². The number of nitrogens with two attached hydrogens (primary N) is 1. The molecular formula is C10H14BrNO3S. The van der Waals surface area contributed by atoms with Gasteiger partial charge in [-0.3, -0.25) is 0 Å². The van der Waals surface area contributed by atoms with E-state index in [1.165, 1.54) is 0 Å². The summed E-state index contributed by atoms with van der Waals surface area (Å²) in [6.07, 6.45) is 0.394. The quantitative estimate of drug-likeness (QED) is 0.844. The number of halogens is 1. The monoisotopic (exact) mass is 307 g/mol. The highest BCUT2D eigenvalue weighted by Gasteiger charge is 2.04. The fourth-order valence-corrected chi connectivity index (χ4v) is 2.03. The molecule has 0 saturated carbocycles. The molecule has 6 heteroatoms. The van der Waals surface area contributed by atoms with Gasteiger partial charge in [0.15, 0.2) is 0 Å². The lowest BCUT2D eigenvalue weighted by molar-refractivity contribution is 0.315. The average Bonchev–Trinajstić information content (AvgIpc) is 2.16. The molecule has 0 aliphatic carbocycles. The lowest BCUT2D eigenvalue weighted by atomic mass is 10.2. The first-order valence-electron chi connectivity index (χ1n) is 4.78. The van der Waals surface area contributed by atoms with Crippen LogP contribution in [0.4, 0.5) is 0 Å². The van der Waals surface area contributed by atoms with Gasteiger partial charge in [-0.25, -0.2) is 13.6 Å². The van der Waals surface area contributed by atoms with Crippen molar-refractivity contribution >= 4 is 26.0 Å². The zero-order valence-electron chi connectivity index (χ0n) is 8.94. The number of primary sulfonamides is 1. The maximum Gasteiger partial charge on any atom is 0.209 e. The minimum Gasteiger partial charge on any atom is -0.493 e. The predicted octanol–water partition coefficient (Wildman–Crippen LogP) is 1.81. The Kier molecular flexibility index (Phi) is 4.76. The van der Waals surface area contributed by atoms with E-state index in [1.807, 2.05) is 25.1 Å². The molecule has 16 heavy (non-hydrogen) atoms. The van der Waals surface area contributed by atoms with E-state index >= 15 is 0 Å². The van der Waals surface area contributed by atoms with Gasteiger partial charge in [0.25, 0.3) is 0 Å². The Morgan fingerprint density at radius 2 is 2.12 bits per heavy atom. The first-order valence-corrected chi connectivity index (χ1v) is 7.29. The zero-order valence-corrected chi connectivity index (χ0v) is 11.3. The Morgan fingerprint density at radius 3 is 2.75 bits per heavy atom. The SMILES string of the molecule is Cc1ccc(Br)cc1OCCCS(N)(=O)=O. The number of rotatable bonds is 5. The molecule has 0 atom stereocenters. The van der Waals surface area contributed by atoms with Crippen LogP contribution in [-0.2, 0) is 10.0 Å². The third-order valence-corrected chi connectivity index (χ3v) is 3.33. The smallest absolute Gasteiger partial charge is 0.209 e. The Bertz CT molecular complexity index is 459. The van der Waals surface area contributed by atoms with E-state index in [1.54, 1.807) is 0 Å². The van der Waals surface area contributed by atoms with E-state index in [4.69, 9.17) is 9.88 Å². The van der Waals surface area contributed by atoms with Crippen molar-refractivity contribution in [1.29, 1.82) is 0 Å². The summed E-state index contributed by atoms with van der Waals surface area (Å²) in [5.41, 5.74) is 1.01. The molecule has 0 aliphatic heterocycles. The van der Waals surface area contributed by atoms with Crippen LogP contribution in [0.25, 0.3) is 0 Å². The third-order valence-electron chi connectivity index (χ3n) is 1.98. The molecule has 90 valence electrons. The van der Waals surface area contributed by atoms with Gasteiger partial charge in [-0.05, 0) is 31.0 Å². The van der Waals surface area contributed by atoms with Crippen molar-refractivity contribution in [2.45, 2.75) is 13.3 Å². The Balaban J connectivity index is 2.46. The molecule has 0 spiro atoms. The van der Waals surface area contributed by atoms with E-state index in [-0.39, 0.29) is 5.75 Å². The van der Waals surface area contributed by atoms with Crippen LogP contribution in [0.3, 0.4) is 0 Å². The van der Waals surface area contributed by atoms with Crippen LogP contribution >= 0.6 is 15.9 Å². The molecule has 0 aliphatic rings. The topological polar surface area (TPSA) is 69.4 Å². The zero-order chi connectivity index (χ0) is 12.2. The Hall–Kier alpha value is -0.590. The highest BCUT2D eigenvalue weighted by molar-refractivity contribution is 9.10. The van der Waals surface area contributed by atoms with Gasteiger partial charge >= 0.3 is 0 Å². The van der Waals surface area contributed by atoms with Gasteiger partial charge in [0.2, 0.25) is 10.0 Å². The summed E-state index contributed by atoms with van der Waals surface area (Å²) < 4.78 is 27.7. The maximum atomic E-state index is 10.7. The molecule has 2 N–H and O–H groups in total. The van der Waals surface area contributed by atoms with Gasteiger partial charge < -0.3 is 4.74 Å². The number of hydrogen-bond acceptors (Lipinski definition) is 3. The summed E-state index contributed by atoms with van der Waals surface area (Å²) in [5, 5.41) is 4.88. The molecule has 0 saturated heterocycles. The van der Waals surface area contributed by atoms with Crippen molar-refractivity contribution in [2.75, 3.05) is 12.4 Å². The number of hydrogen-bond donors (Lipinski definition) is 1. The van der Waals surface area contributed by atoms with Crippen LogP contribution in [0.1, 0.15) is 12.0 Å². The van der Waals surface area contributed by atoms with E-state index in [9.17, 15) is 8.42 Å². The summed E-state index contributed by atoms with van der Waals surface area (Å²) in [4.78, 5) is 0. The van der Waals surface area contributed by atoms with Crippen molar-refractivity contribution in [2.24, 2.45) is 5.14 Å². The Morgan fingerprint density at radius 1 is 1.44 bits per heavy atom. The molecule has 1 aromatic rings. The van der Waals surface area contributed by atoms with Crippen LogP contribution in [-0.4, -0.2) is 20.8 Å². The van der Waals surface area contributed by atoms with E-state index in [2.05, 4.69) is 15.9 Å². The van der Waals surface area contributed by atoms with Gasteiger partial charge in [0.1, 0.15) is 5.75 Å². The van der Waals surface area contributed by atoms with Gasteiger partial charge in [0, 0.05) is 4.47 Å². The molecule has 0 fully saturated rings. The Labute approximate surface area is 104 Å². The molecular weight excluding hydrogens is 294 g/mol. The lowest BCUT2D eigenvalue weighted by Gasteiger charge is -2.08.